The van der Waals surface area contributed by atoms with Crippen LogP contribution in [0.15, 0.2) is 29.6 Å². The van der Waals surface area contributed by atoms with Crippen LogP contribution in [0.5, 0.6) is 0 Å². The van der Waals surface area contributed by atoms with Gasteiger partial charge in [-0.3, -0.25) is 0 Å². The van der Waals surface area contributed by atoms with Gasteiger partial charge in [0.1, 0.15) is 5.01 Å². The summed E-state index contributed by atoms with van der Waals surface area (Å²) in [5.74, 6) is 0. The molecule has 2 aromatic rings. The summed E-state index contributed by atoms with van der Waals surface area (Å²) in [6.07, 6.45) is 0. The van der Waals surface area contributed by atoms with Crippen LogP contribution in [0.3, 0.4) is 0 Å². The normalized spacial score (nSPS) is 10.6. The summed E-state index contributed by atoms with van der Waals surface area (Å²) in [6.45, 7) is 3.86. The first-order valence-electron chi connectivity index (χ1n) is 5.21. The summed E-state index contributed by atoms with van der Waals surface area (Å²) in [4.78, 5) is 4.55. The number of hydrogen-bond acceptors (Lipinski definition) is 3. The monoisotopic (exact) mass is 252 g/mol. The summed E-state index contributed by atoms with van der Waals surface area (Å²) in [5.41, 5.74) is 2.08. The second-order valence-corrected chi connectivity index (χ2v) is 4.67. The quantitative estimate of drug-likeness (QED) is 0.900. The first-order valence-corrected chi connectivity index (χ1v) is 6.47. The number of thiazole rings is 1. The fourth-order valence-corrected chi connectivity index (χ4v) is 2.54. The van der Waals surface area contributed by atoms with Crippen LogP contribution in [0.4, 0.5) is 0 Å². The Morgan fingerprint density at radius 1 is 1.38 bits per heavy atom. The molecule has 4 heteroatoms. The van der Waals surface area contributed by atoms with Gasteiger partial charge in [0.25, 0.3) is 0 Å². The molecule has 1 N–H and O–H groups in total. The molecular weight excluding hydrogens is 240 g/mol. The molecule has 16 heavy (non-hydrogen) atoms. The Kier molecular flexibility index (Phi) is 3.93. The Hall–Kier alpha value is -0.900. The molecule has 0 aliphatic heterocycles. The first-order chi connectivity index (χ1) is 7.81. The van der Waals surface area contributed by atoms with E-state index in [-0.39, 0.29) is 0 Å². The van der Waals surface area contributed by atoms with Crippen molar-refractivity contribution in [1.29, 1.82) is 0 Å². The molecule has 0 unspecified atom stereocenters. The van der Waals surface area contributed by atoms with Gasteiger partial charge in [0.15, 0.2) is 0 Å². The molecule has 0 aliphatic rings. The van der Waals surface area contributed by atoms with E-state index in [1.165, 1.54) is 0 Å². The van der Waals surface area contributed by atoms with Crippen LogP contribution in [0.1, 0.15) is 12.6 Å². The zero-order chi connectivity index (χ0) is 11.4. The molecule has 0 bridgehead atoms. The van der Waals surface area contributed by atoms with Crippen LogP contribution in [0.2, 0.25) is 5.02 Å². The number of halogens is 1. The van der Waals surface area contributed by atoms with E-state index >= 15 is 0 Å². The topological polar surface area (TPSA) is 24.9 Å². The van der Waals surface area contributed by atoms with Crippen LogP contribution in [0.25, 0.3) is 10.6 Å². The number of nitrogens with zero attached hydrogens (tertiary/aromatic N) is 1. The Balaban J connectivity index is 2.22. The summed E-state index contributed by atoms with van der Waals surface area (Å²) in [6, 6.07) is 7.80. The highest BCUT2D eigenvalue weighted by molar-refractivity contribution is 7.13. The van der Waals surface area contributed by atoms with E-state index in [1.807, 2.05) is 24.3 Å². The van der Waals surface area contributed by atoms with Gasteiger partial charge in [-0.1, -0.05) is 36.7 Å². The molecule has 2 rings (SSSR count). The number of rotatable bonds is 4. The minimum Gasteiger partial charge on any atom is -0.311 e. The average Bonchev–Trinajstić information content (AvgIpc) is 2.75. The lowest BCUT2D eigenvalue weighted by Gasteiger charge is -1.99. The molecule has 1 aromatic heterocycles. The summed E-state index contributed by atoms with van der Waals surface area (Å²) < 4.78 is 0. The molecule has 0 fully saturated rings. The van der Waals surface area contributed by atoms with E-state index < -0.39 is 0 Å². The van der Waals surface area contributed by atoms with E-state index in [4.69, 9.17) is 11.6 Å². The van der Waals surface area contributed by atoms with Crippen LogP contribution >= 0.6 is 22.9 Å². The van der Waals surface area contributed by atoms with Crippen LogP contribution in [-0.2, 0) is 6.54 Å². The maximum absolute atomic E-state index is 6.12. The zero-order valence-corrected chi connectivity index (χ0v) is 10.6. The molecule has 0 radical (unpaired) electrons. The fourth-order valence-electron chi connectivity index (χ4n) is 1.40. The summed E-state index contributed by atoms with van der Waals surface area (Å²) in [5, 5.41) is 7.07. The molecule has 0 spiro atoms. The Bertz CT molecular complexity index is 468. The van der Waals surface area contributed by atoms with E-state index in [0.717, 1.165) is 34.4 Å². The van der Waals surface area contributed by atoms with Gasteiger partial charge < -0.3 is 5.32 Å². The lowest BCUT2D eigenvalue weighted by atomic mass is 10.2. The van der Waals surface area contributed by atoms with Gasteiger partial charge in [-0.2, -0.15) is 0 Å². The lowest BCUT2D eigenvalue weighted by molar-refractivity contribution is 0.715. The van der Waals surface area contributed by atoms with Crippen LogP contribution < -0.4 is 5.32 Å². The minimum absolute atomic E-state index is 0.756. The molecule has 0 saturated carbocycles. The number of aromatic nitrogens is 1. The van der Waals surface area contributed by atoms with Crippen molar-refractivity contribution >= 4 is 22.9 Å². The third-order valence-electron chi connectivity index (χ3n) is 2.21. The van der Waals surface area contributed by atoms with Gasteiger partial charge in [-0.25, -0.2) is 4.98 Å². The van der Waals surface area contributed by atoms with Gasteiger partial charge in [0.2, 0.25) is 0 Å². The van der Waals surface area contributed by atoms with Gasteiger partial charge in [-0.15, -0.1) is 11.3 Å². The third kappa shape index (κ3) is 2.61. The van der Waals surface area contributed by atoms with E-state index in [0.29, 0.717) is 0 Å². The van der Waals surface area contributed by atoms with Crippen molar-refractivity contribution in [3.8, 4) is 10.6 Å². The Labute approximate surface area is 104 Å². The molecule has 84 valence electrons. The molecular formula is C12H13ClN2S. The standard InChI is InChI=1S/C12H13ClN2S/c1-2-14-7-9-8-16-12(15-9)10-5-3-4-6-11(10)13/h3-6,8,14H,2,7H2,1H3. The predicted octanol–water partition coefficient (Wildman–Crippen LogP) is 3.57. The zero-order valence-electron chi connectivity index (χ0n) is 9.03. The van der Waals surface area contributed by atoms with Crippen molar-refractivity contribution in [3.63, 3.8) is 0 Å². The second kappa shape index (κ2) is 5.43. The predicted molar refractivity (Wildman–Crippen MR) is 69.9 cm³/mol. The number of nitrogens with one attached hydrogen (secondary N) is 1. The van der Waals surface area contributed by atoms with Crippen molar-refractivity contribution < 1.29 is 0 Å². The SMILES string of the molecule is CCNCc1csc(-c2ccccc2Cl)n1. The van der Waals surface area contributed by atoms with Gasteiger partial charge >= 0.3 is 0 Å². The highest BCUT2D eigenvalue weighted by atomic mass is 35.5. The van der Waals surface area contributed by atoms with E-state index in [1.54, 1.807) is 11.3 Å². The average molecular weight is 253 g/mol. The van der Waals surface area contributed by atoms with Crippen molar-refractivity contribution in [2.75, 3.05) is 6.54 Å². The van der Waals surface area contributed by atoms with Crippen molar-refractivity contribution in [3.05, 3.63) is 40.4 Å². The Morgan fingerprint density at radius 2 is 2.19 bits per heavy atom. The fraction of sp³-hybridized carbons (Fsp3) is 0.250. The Morgan fingerprint density at radius 3 is 2.94 bits per heavy atom. The van der Waals surface area contributed by atoms with Gasteiger partial charge in [0.05, 0.1) is 10.7 Å². The first kappa shape index (κ1) is 11.6. The molecule has 2 nitrogen and oxygen atoms in total. The maximum Gasteiger partial charge on any atom is 0.125 e. The van der Waals surface area contributed by atoms with Crippen molar-refractivity contribution in [2.24, 2.45) is 0 Å². The summed E-state index contributed by atoms with van der Waals surface area (Å²) >= 11 is 7.76. The minimum atomic E-state index is 0.756. The second-order valence-electron chi connectivity index (χ2n) is 3.40. The van der Waals surface area contributed by atoms with E-state index in [2.05, 4.69) is 22.6 Å². The molecule has 0 aliphatic carbocycles. The smallest absolute Gasteiger partial charge is 0.125 e. The van der Waals surface area contributed by atoms with Crippen LogP contribution in [0, 0.1) is 0 Å². The maximum atomic E-state index is 6.12. The highest BCUT2D eigenvalue weighted by Gasteiger charge is 2.07. The third-order valence-corrected chi connectivity index (χ3v) is 3.47. The lowest BCUT2D eigenvalue weighted by Crippen LogP contribution is -2.11. The summed E-state index contributed by atoms with van der Waals surface area (Å²) in [7, 11) is 0. The molecule has 1 aromatic carbocycles. The highest BCUT2D eigenvalue weighted by Crippen LogP contribution is 2.29. The molecule has 1 heterocycles. The number of benzene rings is 1. The van der Waals surface area contributed by atoms with Crippen molar-refractivity contribution in [2.45, 2.75) is 13.5 Å². The van der Waals surface area contributed by atoms with Crippen molar-refractivity contribution in [1.82, 2.24) is 10.3 Å². The van der Waals surface area contributed by atoms with Gasteiger partial charge in [-0.05, 0) is 12.6 Å². The molecule has 0 saturated heterocycles. The number of hydrogen-bond donors (Lipinski definition) is 1. The largest absolute Gasteiger partial charge is 0.311 e. The van der Waals surface area contributed by atoms with E-state index in [9.17, 15) is 0 Å². The molecule has 0 amide bonds. The molecule has 0 atom stereocenters. The van der Waals surface area contributed by atoms with Crippen LogP contribution in [-0.4, -0.2) is 11.5 Å². The van der Waals surface area contributed by atoms with Gasteiger partial charge in [0, 0.05) is 17.5 Å².